The molecular weight excluding hydrogens is 723 g/mol. The van der Waals surface area contributed by atoms with Gasteiger partial charge in [0.05, 0.1) is 0 Å². The van der Waals surface area contributed by atoms with Crippen LogP contribution in [0.3, 0.4) is 0 Å². The molecular formula is C59H47N. The standard InChI is InChI=1S/C59H47N/c1-57(2)51-17-11-9-15-45(51)47-27-24-43(34-55(47)57)60(44-25-28-48-46-16-10-12-18-52(46)58(3,4)56(48)35-44)42-23-21-39-29-38(19-20-40(39)30-42)41-22-26-49-50-31-36-13-7-8-14-37(36)32-54(50)59(5,6)53(49)33-41/h7-35H,1-6H3. The molecule has 0 fully saturated rings. The van der Waals surface area contributed by atoms with Gasteiger partial charge in [0.2, 0.25) is 0 Å². The van der Waals surface area contributed by atoms with Crippen molar-refractivity contribution >= 4 is 38.6 Å². The summed E-state index contributed by atoms with van der Waals surface area (Å²) in [7, 11) is 0. The predicted octanol–water partition coefficient (Wildman–Crippen LogP) is 16.0. The van der Waals surface area contributed by atoms with Crippen molar-refractivity contribution in [2.75, 3.05) is 4.90 Å². The van der Waals surface area contributed by atoms with E-state index in [1.54, 1.807) is 0 Å². The van der Waals surface area contributed by atoms with Gasteiger partial charge < -0.3 is 4.90 Å². The van der Waals surface area contributed by atoms with Crippen LogP contribution in [0.2, 0.25) is 0 Å². The molecule has 1 nitrogen and oxygen atoms in total. The molecule has 0 unspecified atom stereocenters. The molecule has 0 aromatic heterocycles. The van der Waals surface area contributed by atoms with Crippen LogP contribution in [0.5, 0.6) is 0 Å². The van der Waals surface area contributed by atoms with E-state index >= 15 is 0 Å². The lowest BCUT2D eigenvalue weighted by molar-refractivity contribution is 0.660. The summed E-state index contributed by atoms with van der Waals surface area (Å²) in [5, 5.41) is 5.07. The van der Waals surface area contributed by atoms with E-state index in [0.717, 1.165) is 5.69 Å². The monoisotopic (exact) mass is 769 g/mol. The fraction of sp³-hybridized carbons (Fsp3) is 0.153. The van der Waals surface area contributed by atoms with E-state index < -0.39 is 0 Å². The summed E-state index contributed by atoms with van der Waals surface area (Å²) in [5.41, 5.74) is 22.2. The topological polar surface area (TPSA) is 3.24 Å². The average Bonchev–Trinajstić information content (AvgIpc) is 3.74. The van der Waals surface area contributed by atoms with Gasteiger partial charge in [-0.25, -0.2) is 0 Å². The predicted molar refractivity (Wildman–Crippen MR) is 254 cm³/mol. The molecule has 3 aliphatic rings. The Hall–Kier alpha value is -6.70. The molecule has 9 aromatic carbocycles. The van der Waals surface area contributed by atoms with Crippen LogP contribution in [0, 0.1) is 0 Å². The highest BCUT2D eigenvalue weighted by Crippen LogP contribution is 2.54. The summed E-state index contributed by atoms with van der Waals surface area (Å²) in [6.45, 7) is 14.2. The van der Waals surface area contributed by atoms with E-state index in [9.17, 15) is 0 Å². The van der Waals surface area contributed by atoms with Crippen LogP contribution < -0.4 is 4.90 Å². The molecule has 0 aliphatic heterocycles. The number of benzene rings is 9. The van der Waals surface area contributed by atoms with Crippen molar-refractivity contribution in [3.8, 4) is 44.5 Å². The van der Waals surface area contributed by atoms with Crippen molar-refractivity contribution in [3.05, 3.63) is 209 Å². The minimum Gasteiger partial charge on any atom is -0.310 e. The molecule has 0 N–H and O–H groups in total. The Morgan fingerprint density at radius 2 is 0.650 bits per heavy atom. The maximum absolute atomic E-state index is 2.48. The Morgan fingerprint density at radius 3 is 1.30 bits per heavy atom. The van der Waals surface area contributed by atoms with Gasteiger partial charge in [-0.2, -0.15) is 0 Å². The summed E-state index contributed by atoms with van der Waals surface area (Å²) in [6, 6.07) is 66.8. The van der Waals surface area contributed by atoms with Crippen LogP contribution in [0.15, 0.2) is 176 Å². The van der Waals surface area contributed by atoms with Gasteiger partial charge in [0.15, 0.2) is 0 Å². The van der Waals surface area contributed by atoms with E-state index in [4.69, 9.17) is 0 Å². The summed E-state index contributed by atoms with van der Waals surface area (Å²) in [5.74, 6) is 0. The van der Waals surface area contributed by atoms with Crippen molar-refractivity contribution in [2.24, 2.45) is 0 Å². The Kier molecular flexibility index (Phi) is 7.16. The van der Waals surface area contributed by atoms with Crippen LogP contribution in [0.4, 0.5) is 17.1 Å². The molecule has 0 radical (unpaired) electrons. The van der Waals surface area contributed by atoms with Gasteiger partial charge in [0.1, 0.15) is 0 Å². The Bertz CT molecular complexity index is 3190. The number of rotatable bonds is 4. The summed E-state index contributed by atoms with van der Waals surface area (Å²) in [6.07, 6.45) is 0. The van der Waals surface area contributed by atoms with E-state index in [1.165, 1.54) is 111 Å². The summed E-state index contributed by atoms with van der Waals surface area (Å²) < 4.78 is 0. The van der Waals surface area contributed by atoms with Crippen LogP contribution in [0.1, 0.15) is 74.9 Å². The Balaban J connectivity index is 0.965. The van der Waals surface area contributed by atoms with Crippen LogP contribution >= 0.6 is 0 Å². The summed E-state index contributed by atoms with van der Waals surface area (Å²) >= 11 is 0. The third-order valence-electron chi connectivity index (χ3n) is 14.6. The molecule has 0 spiro atoms. The molecule has 0 saturated heterocycles. The second kappa shape index (κ2) is 12.2. The van der Waals surface area contributed by atoms with Crippen molar-refractivity contribution in [1.29, 1.82) is 0 Å². The number of hydrogen-bond donors (Lipinski definition) is 0. The van der Waals surface area contributed by atoms with Gasteiger partial charge in [-0.1, -0.05) is 157 Å². The molecule has 0 heterocycles. The average molecular weight is 770 g/mol. The number of fused-ring (bicyclic) bond motifs is 11. The fourth-order valence-corrected chi connectivity index (χ4v) is 11.3. The first-order valence-electron chi connectivity index (χ1n) is 21.5. The lowest BCUT2D eigenvalue weighted by Crippen LogP contribution is -2.18. The van der Waals surface area contributed by atoms with E-state index in [0.29, 0.717) is 0 Å². The third-order valence-corrected chi connectivity index (χ3v) is 14.6. The maximum atomic E-state index is 2.48. The third kappa shape index (κ3) is 4.87. The van der Waals surface area contributed by atoms with Gasteiger partial charge in [-0.15, -0.1) is 0 Å². The summed E-state index contributed by atoms with van der Waals surface area (Å²) in [4.78, 5) is 2.48. The molecule has 1 heteroatoms. The van der Waals surface area contributed by atoms with Gasteiger partial charge in [-0.05, 0) is 160 Å². The zero-order valence-corrected chi connectivity index (χ0v) is 35.2. The zero-order valence-electron chi connectivity index (χ0n) is 35.2. The van der Waals surface area contributed by atoms with Crippen molar-refractivity contribution in [1.82, 2.24) is 0 Å². The van der Waals surface area contributed by atoms with Crippen molar-refractivity contribution < 1.29 is 0 Å². The van der Waals surface area contributed by atoms with Crippen molar-refractivity contribution in [3.63, 3.8) is 0 Å². The molecule has 0 saturated carbocycles. The highest BCUT2D eigenvalue weighted by atomic mass is 15.1. The Labute approximate surface area is 353 Å². The SMILES string of the molecule is CC1(C)c2ccccc2-c2ccc(N(c3ccc4c(c3)C(C)(C)c3ccccc3-4)c3ccc4cc(-c5ccc6c(c5)C(C)(C)c5cc7ccccc7cc5-6)ccc4c3)cc21. The minimum absolute atomic E-state index is 0.0783. The lowest BCUT2D eigenvalue weighted by Gasteiger charge is -2.30. The van der Waals surface area contributed by atoms with Crippen LogP contribution in [0.25, 0.3) is 66.1 Å². The normalized spacial score (nSPS) is 15.6. The second-order valence-electron chi connectivity index (χ2n) is 19.0. The highest BCUT2D eigenvalue weighted by molar-refractivity contribution is 5.96. The van der Waals surface area contributed by atoms with Crippen molar-refractivity contribution in [2.45, 2.75) is 57.8 Å². The van der Waals surface area contributed by atoms with E-state index in [-0.39, 0.29) is 16.2 Å². The maximum Gasteiger partial charge on any atom is 0.0468 e. The molecule has 0 amide bonds. The van der Waals surface area contributed by atoms with Gasteiger partial charge in [0, 0.05) is 33.3 Å². The van der Waals surface area contributed by atoms with Crippen LogP contribution in [-0.2, 0) is 16.2 Å². The highest BCUT2D eigenvalue weighted by Gasteiger charge is 2.38. The van der Waals surface area contributed by atoms with Crippen LogP contribution in [-0.4, -0.2) is 0 Å². The largest absolute Gasteiger partial charge is 0.310 e. The second-order valence-corrected chi connectivity index (χ2v) is 19.0. The molecule has 288 valence electrons. The van der Waals surface area contributed by atoms with Gasteiger partial charge in [-0.3, -0.25) is 0 Å². The first-order chi connectivity index (χ1) is 29.0. The number of nitrogens with zero attached hydrogens (tertiary/aromatic N) is 1. The number of hydrogen-bond acceptors (Lipinski definition) is 1. The first-order valence-corrected chi connectivity index (χ1v) is 21.5. The number of anilines is 3. The quantitative estimate of drug-likeness (QED) is 0.172. The molecule has 3 aliphatic carbocycles. The van der Waals surface area contributed by atoms with E-state index in [2.05, 4.69) is 222 Å². The molecule has 9 aromatic rings. The fourth-order valence-electron chi connectivity index (χ4n) is 11.3. The first kappa shape index (κ1) is 35.3. The smallest absolute Gasteiger partial charge is 0.0468 e. The lowest BCUT2D eigenvalue weighted by atomic mass is 9.81. The minimum atomic E-state index is -0.0986. The molecule has 12 rings (SSSR count). The van der Waals surface area contributed by atoms with E-state index in [1.807, 2.05) is 0 Å². The van der Waals surface area contributed by atoms with Gasteiger partial charge in [0.25, 0.3) is 0 Å². The van der Waals surface area contributed by atoms with Gasteiger partial charge >= 0.3 is 0 Å². The molecule has 60 heavy (non-hydrogen) atoms. The zero-order chi connectivity index (χ0) is 40.7. The Morgan fingerprint density at radius 1 is 0.267 bits per heavy atom. The molecule has 0 bridgehead atoms. The molecule has 0 atom stereocenters.